The summed E-state index contributed by atoms with van der Waals surface area (Å²) in [6.45, 7) is 10.1. The Morgan fingerprint density at radius 3 is 2.50 bits per heavy atom. The summed E-state index contributed by atoms with van der Waals surface area (Å²) in [4.78, 5) is 4.56. The van der Waals surface area contributed by atoms with Crippen LogP contribution in [0.15, 0.2) is 35.3 Å². The molecule has 0 aliphatic heterocycles. The third-order valence-electron chi connectivity index (χ3n) is 3.66. The van der Waals surface area contributed by atoms with Crippen molar-refractivity contribution in [2.24, 2.45) is 10.9 Å². The summed E-state index contributed by atoms with van der Waals surface area (Å²) in [5, 5.41) is 6.70. The maximum absolute atomic E-state index is 12.2. The molecule has 2 atom stereocenters. The lowest BCUT2D eigenvalue weighted by Crippen LogP contribution is -2.42. The fourth-order valence-corrected chi connectivity index (χ4v) is 3.30. The molecule has 0 amide bonds. The Balaban J connectivity index is 2.40. The molecule has 0 spiro atoms. The Bertz CT molecular complexity index is 503. The molecule has 0 aromatic heterocycles. The molecule has 0 radical (unpaired) electrons. The van der Waals surface area contributed by atoms with Crippen LogP contribution in [-0.2, 0) is 16.6 Å². The predicted octanol–water partition coefficient (Wildman–Crippen LogP) is 3.32. The second kappa shape index (κ2) is 12.1. The fraction of sp³-hybridized carbons (Fsp3) is 0.632. The summed E-state index contributed by atoms with van der Waals surface area (Å²) in [6, 6.07) is 10.4. The molecule has 136 valence electrons. The first-order valence-corrected chi connectivity index (χ1v) is 10.4. The molecule has 2 N–H and O–H groups in total. The quantitative estimate of drug-likeness (QED) is 0.502. The molecule has 4 nitrogen and oxygen atoms in total. The minimum atomic E-state index is -0.876. The normalized spacial score (nSPS) is 14.5. The standard InChI is InChI=1S/C19H33N3OS/c1-5-20-19(22-17(4)12-11-16(2)3)21-13-14-24(23)15-18-9-7-6-8-10-18/h6-10,16-17H,5,11-15H2,1-4H3,(H2,20,21,22). The van der Waals surface area contributed by atoms with E-state index in [9.17, 15) is 4.21 Å². The molecule has 0 fully saturated rings. The van der Waals surface area contributed by atoms with E-state index in [0.717, 1.165) is 24.5 Å². The van der Waals surface area contributed by atoms with Gasteiger partial charge >= 0.3 is 0 Å². The zero-order valence-electron chi connectivity index (χ0n) is 15.5. The monoisotopic (exact) mass is 351 g/mol. The molecular weight excluding hydrogens is 318 g/mol. The van der Waals surface area contributed by atoms with Gasteiger partial charge in [0.15, 0.2) is 5.96 Å². The number of nitrogens with zero attached hydrogens (tertiary/aromatic N) is 1. The summed E-state index contributed by atoms with van der Waals surface area (Å²) in [5.74, 6) is 2.73. The van der Waals surface area contributed by atoms with E-state index in [4.69, 9.17) is 0 Å². The van der Waals surface area contributed by atoms with Gasteiger partial charge in [0.1, 0.15) is 0 Å². The van der Waals surface area contributed by atoms with Gasteiger partial charge in [0.05, 0.1) is 6.54 Å². The molecule has 0 saturated carbocycles. The molecule has 0 bridgehead atoms. The van der Waals surface area contributed by atoms with Crippen LogP contribution in [0.5, 0.6) is 0 Å². The van der Waals surface area contributed by atoms with E-state index < -0.39 is 10.8 Å². The van der Waals surface area contributed by atoms with Gasteiger partial charge < -0.3 is 10.6 Å². The van der Waals surface area contributed by atoms with Crippen molar-refractivity contribution in [3.63, 3.8) is 0 Å². The van der Waals surface area contributed by atoms with Crippen LogP contribution >= 0.6 is 0 Å². The Kier molecular flexibility index (Phi) is 10.4. The van der Waals surface area contributed by atoms with Crippen LogP contribution in [-0.4, -0.2) is 35.1 Å². The van der Waals surface area contributed by atoms with E-state index in [2.05, 4.69) is 43.3 Å². The number of hydrogen-bond donors (Lipinski definition) is 2. The zero-order chi connectivity index (χ0) is 17.8. The summed E-state index contributed by atoms with van der Waals surface area (Å²) >= 11 is 0. The third kappa shape index (κ3) is 9.71. The molecule has 24 heavy (non-hydrogen) atoms. The lowest BCUT2D eigenvalue weighted by atomic mass is 10.0. The van der Waals surface area contributed by atoms with Gasteiger partial charge in [0.25, 0.3) is 0 Å². The van der Waals surface area contributed by atoms with Gasteiger partial charge in [-0.1, -0.05) is 44.2 Å². The number of hydrogen-bond acceptors (Lipinski definition) is 2. The molecule has 0 aliphatic carbocycles. The first kappa shape index (κ1) is 20.7. The van der Waals surface area contributed by atoms with Gasteiger partial charge in [-0.15, -0.1) is 0 Å². The van der Waals surface area contributed by atoms with Crippen LogP contribution in [0.2, 0.25) is 0 Å². The van der Waals surface area contributed by atoms with Crippen molar-refractivity contribution < 1.29 is 4.21 Å². The van der Waals surface area contributed by atoms with Crippen LogP contribution < -0.4 is 10.6 Å². The molecule has 5 heteroatoms. The summed E-state index contributed by atoms with van der Waals surface area (Å²) in [6.07, 6.45) is 2.33. The second-order valence-electron chi connectivity index (χ2n) is 6.55. The maximum atomic E-state index is 12.2. The minimum Gasteiger partial charge on any atom is -0.357 e. The van der Waals surface area contributed by atoms with E-state index in [1.807, 2.05) is 30.3 Å². The minimum absolute atomic E-state index is 0.389. The van der Waals surface area contributed by atoms with Crippen molar-refractivity contribution in [2.45, 2.75) is 52.3 Å². The van der Waals surface area contributed by atoms with E-state index in [-0.39, 0.29) is 0 Å². The summed E-state index contributed by atoms with van der Waals surface area (Å²) in [7, 11) is -0.876. The summed E-state index contributed by atoms with van der Waals surface area (Å²) in [5.41, 5.74) is 1.12. The SMILES string of the molecule is CCNC(=NCCS(=O)Cc1ccccc1)NC(C)CCC(C)C. The first-order valence-electron chi connectivity index (χ1n) is 8.95. The summed E-state index contributed by atoms with van der Waals surface area (Å²) < 4.78 is 12.2. The van der Waals surface area contributed by atoms with E-state index in [0.29, 0.717) is 30.0 Å². The van der Waals surface area contributed by atoms with Gasteiger partial charge in [-0.25, -0.2) is 0 Å². The van der Waals surface area contributed by atoms with Crippen molar-refractivity contribution in [3.8, 4) is 0 Å². The number of rotatable bonds is 10. The van der Waals surface area contributed by atoms with Crippen molar-refractivity contribution in [2.75, 3.05) is 18.8 Å². The molecule has 0 aliphatic rings. The van der Waals surface area contributed by atoms with E-state index in [1.54, 1.807) is 0 Å². The lowest BCUT2D eigenvalue weighted by molar-refractivity contribution is 0.489. The van der Waals surface area contributed by atoms with Gasteiger partial charge in [-0.05, 0) is 38.2 Å². The molecule has 2 unspecified atom stereocenters. The van der Waals surface area contributed by atoms with Gasteiger partial charge in [-0.2, -0.15) is 0 Å². The van der Waals surface area contributed by atoms with Gasteiger partial charge in [0.2, 0.25) is 0 Å². The zero-order valence-corrected chi connectivity index (χ0v) is 16.4. The molecular formula is C19H33N3OS. The lowest BCUT2D eigenvalue weighted by Gasteiger charge is -2.18. The first-order chi connectivity index (χ1) is 11.5. The smallest absolute Gasteiger partial charge is 0.191 e. The molecule has 1 aromatic carbocycles. The molecule has 1 aromatic rings. The number of nitrogens with one attached hydrogen (secondary N) is 2. The van der Waals surface area contributed by atoms with Crippen LogP contribution in [0.3, 0.4) is 0 Å². The van der Waals surface area contributed by atoms with Crippen molar-refractivity contribution in [1.29, 1.82) is 0 Å². The highest BCUT2D eigenvalue weighted by Crippen LogP contribution is 2.06. The van der Waals surface area contributed by atoms with Crippen molar-refractivity contribution >= 4 is 16.8 Å². The highest BCUT2D eigenvalue weighted by atomic mass is 32.2. The molecule has 1 rings (SSSR count). The highest BCUT2D eigenvalue weighted by Gasteiger charge is 2.07. The van der Waals surface area contributed by atoms with E-state index in [1.165, 1.54) is 6.42 Å². The number of guanidine groups is 1. The Morgan fingerprint density at radius 2 is 1.88 bits per heavy atom. The maximum Gasteiger partial charge on any atom is 0.191 e. The fourth-order valence-electron chi connectivity index (χ4n) is 2.30. The van der Waals surface area contributed by atoms with Crippen LogP contribution in [0, 0.1) is 5.92 Å². The average molecular weight is 352 g/mol. The van der Waals surface area contributed by atoms with Crippen LogP contribution in [0.4, 0.5) is 0 Å². The largest absolute Gasteiger partial charge is 0.357 e. The van der Waals surface area contributed by atoms with Crippen molar-refractivity contribution in [1.82, 2.24) is 10.6 Å². The third-order valence-corrected chi connectivity index (χ3v) is 4.96. The Hall–Kier alpha value is -1.36. The topological polar surface area (TPSA) is 53.5 Å². The average Bonchev–Trinajstić information content (AvgIpc) is 2.54. The van der Waals surface area contributed by atoms with Gasteiger partial charge in [0, 0.05) is 34.9 Å². The van der Waals surface area contributed by atoms with Gasteiger partial charge in [-0.3, -0.25) is 9.20 Å². The Labute approximate surface area is 150 Å². The van der Waals surface area contributed by atoms with E-state index >= 15 is 0 Å². The molecule has 0 saturated heterocycles. The Morgan fingerprint density at radius 1 is 1.17 bits per heavy atom. The number of benzene rings is 1. The van der Waals surface area contributed by atoms with Crippen molar-refractivity contribution in [3.05, 3.63) is 35.9 Å². The van der Waals surface area contributed by atoms with Crippen LogP contribution in [0.1, 0.15) is 46.1 Å². The molecule has 0 heterocycles. The highest BCUT2D eigenvalue weighted by molar-refractivity contribution is 7.84. The van der Waals surface area contributed by atoms with Crippen LogP contribution in [0.25, 0.3) is 0 Å². The second-order valence-corrected chi connectivity index (χ2v) is 8.13. The number of aliphatic imine (C=N–C) groups is 1. The predicted molar refractivity (Wildman–Crippen MR) is 106 cm³/mol.